The summed E-state index contributed by atoms with van der Waals surface area (Å²) >= 11 is 0. The molecule has 0 radical (unpaired) electrons. The van der Waals surface area contributed by atoms with Gasteiger partial charge in [0.25, 0.3) is 0 Å². The van der Waals surface area contributed by atoms with Crippen molar-refractivity contribution < 1.29 is 26.2 Å². The summed E-state index contributed by atoms with van der Waals surface area (Å²) in [5.74, 6) is 0.990. The first-order valence-corrected chi connectivity index (χ1v) is 19.2. The first kappa shape index (κ1) is 41.1. The van der Waals surface area contributed by atoms with Crippen LogP contribution in [0, 0.1) is 6.07 Å². The van der Waals surface area contributed by atoms with Crippen LogP contribution in [0.15, 0.2) is 140 Å². The topological polar surface area (TPSA) is 54.2 Å². The number of aryl methyl sites for hydroxylation is 1. The van der Waals surface area contributed by atoms with E-state index in [4.69, 9.17) is 9.97 Å². The molecule has 6 heteroatoms. The minimum Gasteiger partial charge on any atom is -0.507 e. The van der Waals surface area contributed by atoms with Crippen LogP contribution < -0.4 is 4.90 Å². The molecule has 0 bridgehead atoms. The fourth-order valence-corrected chi connectivity index (χ4v) is 7.38. The number of phenols is 1. The number of phenolic OH excluding ortho intramolecular Hbond substituents is 1. The van der Waals surface area contributed by atoms with E-state index in [1.165, 1.54) is 0 Å². The van der Waals surface area contributed by atoms with Gasteiger partial charge in [-0.2, -0.15) is 0 Å². The summed E-state index contributed by atoms with van der Waals surface area (Å²) in [6.45, 7) is 19.4. The predicted octanol–water partition coefficient (Wildman–Crippen LogP) is 12.8. The summed E-state index contributed by atoms with van der Waals surface area (Å²) in [6.07, 6.45) is 3.78. The van der Waals surface area contributed by atoms with Crippen molar-refractivity contribution in [3.63, 3.8) is 0 Å². The maximum Gasteiger partial charge on any atom is 0.143 e. The smallest absolute Gasteiger partial charge is 0.143 e. The monoisotopic (exact) mass is 930 g/mol. The molecule has 0 aliphatic rings. The quantitative estimate of drug-likeness (QED) is 0.122. The number of nitrogens with zero attached hydrogens (tertiary/aromatic N) is 4. The third-order valence-corrected chi connectivity index (χ3v) is 10.8. The molecule has 0 unspecified atom stereocenters. The number of hydrogen-bond donors (Lipinski definition) is 1. The third-order valence-electron chi connectivity index (χ3n) is 10.8. The van der Waals surface area contributed by atoms with Gasteiger partial charge < -0.3 is 14.6 Å². The number of para-hydroxylation sites is 2. The van der Waals surface area contributed by atoms with Crippen LogP contribution in [-0.2, 0) is 38.9 Å². The molecule has 0 saturated heterocycles. The number of hydrogen-bond acceptors (Lipinski definition) is 4. The Balaban J connectivity index is 0.00000549. The molecule has 0 fully saturated rings. The van der Waals surface area contributed by atoms with Crippen LogP contribution in [0.2, 0.25) is 0 Å². The fourth-order valence-electron chi connectivity index (χ4n) is 7.38. The molecule has 1 N–H and O–H groups in total. The third kappa shape index (κ3) is 8.18. The Morgan fingerprint density at radius 3 is 2.09 bits per heavy atom. The van der Waals surface area contributed by atoms with Gasteiger partial charge in [0.1, 0.15) is 11.6 Å². The zero-order valence-corrected chi connectivity index (χ0v) is 36.7. The molecule has 57 heavy (non-hydrogen) atoms. The van der Waals surface area contributed by atoms with Crippen LogP contribution in [-0.4, -0.2) is 26.7 Å². The van der Waals surface area contributed by atoms with Gasteiger partial charge in [0.05, 0.1) is 16.6 Å². The molecule has 0 saturated carbocycles. The molecule has 2 heterocycles. The van der Waals surface area contributed by atoms with E-state index in [-0.39, 0.29) is 37.6 Å². The van der Waals surface area contributed by atoms with Crippen molar-refractivity contribution in [2.24, 2.45) is 7.05 Å². The van der Waals surface area contributed by atoms with Crippen LogP contribution in [0.25, 0.3) is 61.5 Å². The largest absolute Gasteiger partial charge is 0.507 e. The number of anilines is 1. The van der Waals surface area contributed by atoms with Crippen molar-refractivity contribution in [1.29, 1.82) is 0 Å². The van der Waals surface area contributed by atoms with E-state index >= 15 is 0 Å². The van der Waals surface area contributed by atoms with E-state index in [9.17, 15) is 5.11 Å². The molecule has 0 atom stereocenters. The maximum atomic E-state index is 11.9. The van der Waals surface area contributed by atoms with E-state index in [2.05, 4.69) is 163 Å². The van der Waals surface area contributed by atoms with Crippen molar-refractivity contribution in [1.82, 2.24) is 14.5 Å². The molecule has 0 amide bonds. The number of imidazole rings is 1. The molecule has 2 aromatic heterocycles. The number of benzene rings is 5. The van der Waals surface area contributed by atoms with E-state index in [1.54, 1.807) is 0 Å². The first-order chi connectivity index (χ1) is 26.7. The Bertz CT molecular complexity index is 2610. The maximum absolute atomic E-state index is 11.9. The second-order valence-corrected chi connectivity index (χ2v) is 16.7. The van der Waals surface area contributed by atoms with Gasteiger partial charge in [-0.05, 0) is 70.3 Å². The molecule has 292 valence electrons. The van der Waals surface area contributed by atoms with Crippen molar-refractivity contribution in [2.75, 3.05) is 11.9 Å². The van der Waals surface area contributed by atoms with Gasteiger partial charge in [-0.15, -0.1) is 23.8 Å². The van der Waals surface area contributed by atoms with Gasteiger partial charge in [0.15, 0.2) is 0 Å². The predicted molar refractivity (Wildman–Crippen MR) is 236 cm³/mol. The van der Waals surface area contributed by atoms with Crippen LogP contribution in [0.1, 0.15) is 65.2 Å². The Morgan fingerprint density at radius 2 is 1.44 bits per heavy atom. The number of rotatable bonds is 8. The summed E-state index contributed by atoms with van der Waals surface area (Å²) in [7, 11) is 4.11. The van der Waals surface area contributed by atoms with Gasteiger partial charge in [-0.3, -0.25) is 4.98 Å². The van der Waals surface area contributed by atoms with Gasteiger partial charge in [0, 0.05) is 64.0 Å². The molecule has 0 aliphatic heterocycles. The number of allylic oxidation sites excluding steroid dienone is 3. The van der Waals surface area contributed by atoms with Crippen LogP contribution >= 0.6 is 0 Å². The Hall–Kier alpha value is -5.51. The fraction of sp³-hybridized carbons (Fsp3) is 0.216. The summed E-state index contributed by atoms with van der Waals surface area (Å²) < 4.78 is 2.09. The minimum absolute atomic E-state index is 0. The standard InChI is InChI=1S/C51H51N4O.Pt/c1-11-41(33(2)54(9)40-21-16-13-17-22-40)35-25-26-52-45(30-35)38-28-36(34-19-14-12-15-20-34)27-37(29-38)42-23-18-24-46-47(42)53-49(55(46)10)43-31-39(50(3,4)5)32-44(48(43)56)51(6,7)8;/h11-28,30-32,56H,1H2,2-10H3;/q-1;/b41-33-;. The van der Waals surface area contributed by atoms with Crippen LogP contribution in [0.5, 0.6) is 5.75 Å². The van der Waals surface area contributed by atoms with Crippen molar-refractivity contribution in [3.8, 4) is 50.6 Å². The van der Waals surface area contributed by atoms with Crippen molar-refractivity contribution in [3.05, 3.63) is 163 Å². The van der Waals surface area contributed by atoms with E-state index < -0.39 is 0 Å². The van der Waals surface area contributed by atoms with Crippen LogP contribution in [0.4, 0.5) is 5.69 Å². The number of aromatic hydroxyl groups is 1. The summed E-state index contributed by atoms with van der Waals surface area (Å²) in [5, 5.41) is 11.9. The first-order valence-electron chi connectivity index (χ1n) is 19.2. The van der Waals surface area contributed by atoms with E-state index in [1.807, 2.05) is 49.7 Å². The van der Waals surface area contributed by atoms with Crippen LogP contribution in [0.3, 0.4) is 0 Å². The van der Waals surface area contributed by atoms with Gasteiger partial charge in [-0.25, -0.2) is 4.98 Å². The van der Waals surface area contributed by atoms with E-state index in [0.717, 1.165) is 89.6 Å². The molecular formula is C51H51N4OPt-. The SMILES string of the molecule is C=C/C(=C(\C)N(C)c1ccccc1)c1ccnc(-c2[c-]c(-c3cccc4c3nc(-c3cc(C(C)(C)C)cc(C(C)(C)C)c3O)n4C)cc(-c3ccccc3)c2)c1.[Pt]. The Morgan fingerprint density at radius 1 is 0.772 bits per heavy atom. The van der Waals surface area contributed by atoms with Gasteiger partial charge in [-0.1, -0.05) is 144 Å². The number of aromatic nitrogens is 3. The molecule has 7 rings (SSSR count). The van der Waals surface area contributed by atoms with E-state index in [0.29, 0.717) is 0 Å². The zero-order chi connectivity index (χ0) is 39.9. The molecule has 7 aromatic rings. The van der Waals surface area contributed by atoms with Crippen molar-refractivity contribution in [2.45, 2.75) is 59.3 Å². The Labute approximate surface area is 352 Å². The Kier molecular flexibility index (Phi) is 11.7. The second kappa shape index (κ2) is 16.2. The number of pyridine rings is 1. The molecular weight excluding hydrogens is 880 g/mol. The number of fused-ring (bicyclic) bond motifs is 1. The average Bonchev–Trinajstić information content (AvgIpc) is 3.53. The average molecular weight is 931 g/mol. The molecule has 0 spiro atoms. The van der Waals surface area contributed by atoms with Gasteiger partial charge in [0.2, 0.25) is 0 Å². The van der Waals surface area contributed by atoms with Crippen molar-refractivity contribution >= 4 is 22.3 Å². The van der Waals surface area contributed by atoms with Gasteiger partial charge >= 0.3 is 0 Å². The molecule has 5 aromatic carbocycles. The zero-order valence-electron chi connectivity index (χ0n) is 34.4. The molecule has 5 nitrogen and oxygen atoms in total. The summed E-state index contributed by atoms with van der Waals surface area (Å²) in [4.78, 5) is 12.4. The minimum atomic E-state index is -0.261. The molecule has 0 aliphatic carbocycles. The normalized spacial score (nSPS) is 12.2. The summed E-state index contributed by atoms with van der Waals surface area (Å²) in [6, 6.07) is 43.6. The second-order valence-electron chi connectivity index (χ2n) is 16.7. The summed E-state index contributed by atoms with van der Waals surface area (Å²) in [5.41, 5.74) is 14.2.